The fourth-order valence-electron chi connectivity index (χ4n) is 1.29. The maximum atomic E-state index is 10.6. The molecule has 0 spiro atoms. The second-order valence-corrected chi connectivity index (χ2v) is 4.30. The van der Waals surface area contributed by atoms with Crippen LogP contribution < -0.4 is 5.73 Å². The van der Waals surface area contributed by atoms with Crippen LogP contribution in [0.4, 0.5) is 0 Å². The molecule has 5 nitrogen and oxygen atoms in total. The Bertz CT molecular complexity index is 396. The number of nitrogens with two attached hydrogens (primary N) is 1. The third-order valence-electron chi connectivity index (χ3n) is 2.09. The van der Waals surface area contributed by atoms with Gasteiger partial charge in [0.25, 0.3) is 0 Å². The van der Waals surface area contributed by atoms with Crippen molar-refractivity contribution < 1.29 is 20.1 Å². The normalized spacial score (nSPS) is 14.4. The molecule has 0 fully saturated rings. The number of amides is 1. The van der Waals surface area contributed by atoms with Gasteiger partial charge >= 0.3 is 0 Å². The summed E-state index contributed by atoms with van der Waals surface area (Å²) in [6.07, 6.45) is -3.04. The molecule has 16 heavy (non-hydrogen) atoms. The average molecular weight is 290 g/mol. The first-order chi connectivity index (χ1) is 7.41. The number of aliphatic hydroxyl groups excluding tert-OH is 2. The van der Waals surface area contributed by atoms with Gasteiger partial charge in [-0.1, -0.05) is 22.0 Å². The van der Waals surface area contributed by atoms with Crippen LogP contribution in [0.1, 0.15) is 18.1 Å². The third kappa shape index (κ3) is 3.19. The number of phenols is 1. The minimum atomic E-state index is -1.35. The Morgan fingerprint density at radius 1 is 1.44 bits per heavy atom. The van der Waals surface area contributed by atoms with Crippen LogP contribution in [0.15, 0.2) is 22.7 Å². The molecule has 6 heteroatoms. The molecule has 88 valence electrons. The minimum absolute atomic E-state index is 0.150. The SMILES string of the molecule is NC(=O)CC(O)C(O)c1ccc(Br)cc1O. The lowest BCUT2D eigenvalue weighted by atomic mass is 10.0. The minimum Gasteiger partial charge on any atom is -0.508 e. The second kappa shape index (κ2) is 5.29. The zero-order valence-electron chi connectivity index (χ0n) is 8.30. The van der Waals surface area contributed by atoms with Crippen LogP contribution >= 0.6 is 15.9 Å². The maximum absolute atomic E-state index is 10.6. The first-order valence-electron chi connectivity index (χ1n) is 4.54. The molecule has 1 rings (SSSR count). The third-order valence-corrected chi connectivity index (χ3v) is 2.58. The zero-order valence-corrected chi connectivity index (χ0v) is 9.89. The summed E-state index contributed by atoms with van der Waals surface area (Å²) in [5.74, 6) is -0.881. The van der Waals surface area contributed by atoms with Gasteiger partial charge in [0.05, 0.1) is 12.5 Å². The molecule has 0 saturated heterocycles. The van der Waals surface area contributed by atoms with Gasteiger partial charge in [0, 0.05) is 10.0 Å². The highest BCUT2D eigenvalue weighted by Gasteiger charge is 2.22. The van der Waals surface area contributed by atoms with E-state index in [1.807, 2.05) is 0 Å². The standard InChI is InChI=1S/C10H12BrNO4/c11-5-1-2-6(7(13)3-5)10(16)8(14)4-9(12)15/h1-3,8,10,13-14,16H,4H2,(H2,12,15). The Morgan fingerprint density at radius 2 is 2.06 bits per heavy atom. The number of hydrogen-bond acceptors (Lipinski definition) is 4. The second-order valence-electron chi connectivity index (χ2n) is 3.39. The largest absolute Gasteiger partial charge is 0.508 e. The molecule has 0 aliphatic heterocycles. The Balaban J connectivity index is 2.87. The number of primary amides is 1. The Kier molecular flexibility index (Phi) is 4.28. The number of aliphatic hydroxyl groups is 2. The fraction of sp³-hybridized carbons (Fsp3) is 0.300. The number of hydrogen-bond donors (Lipinski definition) is 4. The molecule has 0 aliphatic carbocycles. The van der Waals surface area contributed by atoms with Gasteiger partial charge in [-0.05, 0) is 12.1 Å². The van der Waals surface area contributed by atoms with E-state index in [2.05, 4.69) is 15.9 Å². The molecule has 2 atom stereocenters. The van der Waals surface area contributed by atoms with E-state index in [1.165, 1.54) is 12.1 Å². The molecule has 5 N–H and O–H groups in total. The summed E-state index contributed by atoms with van der Waals surface area (Å²) in [4.78, 5) is 10.6. The summed E-state index contributed by atoms with van der Waals surface area (Å²) in [7, 11) is 0. The van der Waals surface area contributed by atoms with Crippen LogP contribution in [-0.2, 0) is 4.79 Å². The number of carbonyl (C=O) groups excluding carboxylic acids is 1. The smallest absolute Gasteiger partial charge is 0.220 e. The van der Waals surface area contributed by atoms with E-state index >= 15 is 0 Å². The van der Waals surface area contributed by atoms with Gasteiger partial charge in [0.2, 0.25) is 5.91 Å². The van der Waals surface area contributed by atoms with Crippen molar-refractivity contribution in [1.82, 2.24) is 0 Å². The highest BCUT2D eigenvalue weighted by molar-refractivity contribution is 9.10. The molecule has 0 radical (unpaired) electrons. The summed E-state index contributed by atoms with van der Waals surface area (Å²) in [6, 6.07) is 4.44. The topological polar surface area (TPSA) is 104 Å². The lowest BCUT2D eigenvalue weighted by molar-refractivity contribution is -0.121. The van der Waals surface area contributed by atoms with E-state index in [9.17, 15) is 20.1 Å². The van der Waals surface area contributed by atoms with Gasteiger partial charge in [-0.15, -0.1) is 0 Å². The van der Waals surface area contributed by atoms with E-state index in [0.29, 0.717) is 4.47 Å². The molecule has 1 aromatic carbocycles. The van der Waals surface area contributed by atoms with Crippen LogP contribution in [0.5, 0.6) is 5.75 Å². The van der Waals surface area contributed by atoms with Crippen LogP contribution in [0.25, 0.3) is 0 Å². The van der Waals surface area contributed by atoms with Crippen molar-refractivity contribution in [3.05, 3.63) is 28.2 Å². The first kappa shape index (κ1) is 13.0. The lowest BCUT2D eigenvalue weighted by Gasteiger charge is -2.17. The Labute approximate surface area is 101 Å². The van der Waals surface area contributed by atoms with Gasteiger partial charge in [-0.3, -0.25) is 4.79 Å². The molecule has 0 bridgehead atoms. The van der Waals surface area contributed by atoms with E-state index in [1.54, 1.807) is 6.07 Å². The van der Waals surface area contributed by atoms with Crippen molar-refractivity contribution in [2.75, 3.05) is 0 Å². The zero-order chi connectivity index (χ0) is 12.3. The summed E-state index contributed by atoms with van der Waals surface area (Å²) < 4.78 is 0.644. The Morgan fingerprint density at radius 3 is 2.56 bits per heavy atom. The molecule has 0 aliphatic rings. The summed E-state index contributed by atoms with van der Waals surface area (Å²) in [5.41, 5.74) is 5.04. The average Bonchev–Trinajstić information content (AvgIpc) is 2.15. The van der Waals surface area contributed by atoms with Crippen molar-refractivity contribution in [3.63, 3.8) is 0 Å². The van der Waals surface area contributed by atoms with Crippen molar-refractivity contribution in [2.45, 2.75) is 18.6 Å². The summed E-state index contributed by atoms with van der Waals surface area (Å²) in [6.45, 7) is 0. The number of rotatable bonds is 4. The monoisotopic (exact) mass is 289 g/mol. The molecule has 1 aromatic rings. The maximum Gasteiger partial charge on any atom is 0.220 e. The van der Waals surface area contributed by atoms with Crippen LogP contribution in [0, 0.1) is 0 Å². The molecular formula is C10H12BrNO4. The molecule has 2 unspecified atom stereocenters. The molecule has 0 heterocycles. The van der Waals surface area contributed by atoms with E-state index in [4.69, 9.17) is 5.73 Å². The van der Waals surface area contributed by atoms with Crippen molar-refractivity contribution in [3.8, 4) is 5.75 Å². The summed E-state index contributed by atoms with van der Waals surface area (Å²) in [5, 5.41) is 28.7. The Hall–Kier alpha value is -1.11. The number of benzene rings is 1. The van der Waals surface area contributed by atoms with Gasteiger partial charge in [0.1, 0.15) is 11.9 Å². The predicted molar refractivity (Wildman–Crippen MR) is 60.6 cm³/mol. The van der Waals surface area contributed by atoms with Gasteiger partial charge < -0.3 is 21.1 Å². The van der Waals surface area contributed by atoms with E-state index in [0.717, 1.165) is 0 Å². The molecule has 0 saturated carbocycles. The van der Waals surface area contributed by atoms with Gasteiger partial charge in [-0.2, -0.15) is 0 Å². The molecule has 1 amide bonds. The molecule has 0 aromatic heterocycles. The van der Waals surface area contributed by atoms with Gasteiger partial charge in [-0.25, -0.2) is 0 Å². The fourth-order valence-corrected chi connectivity index (χ4v) is 1.64. The quantitative estimate of drug-likeness (QED) is 0.645. The number of phenolic OH excluding ortho intramolecular Hbond substituents is 1. The number of halogens is 1. The van der Waals surface area contributed by atoms with Crippen LogP contribution in [0.3, 0.4) is 0 Å². The van der Waals surface area contributed by atoms with E-state index < -0.39 is 18.1 Å². The van der Waals surface area contributed by atoms with Crippen LogP contribution in [0.2, 0.25) is 0 Å². The van der Waals surface area contributed by atoms with Crippen LogP contribution in [-0.4, -0.2) is 27.3 Å². The van der Waals surface area contributed by atoms with Crippen molar-refractivity contribution >= 4 is 21.8 Å². The first-order valence-corrected chi connectivity index (χ1v) is 5.34. The highest BCUT2D eigenvalue weighted by atomic mass is 79.9. The predicted octanol–water partition coefficient (Wildman–Crippen LogP) is 0.424. The van der Waals surface area contributed by atoms with Crippen molar-refractivity contribution in [1.29, 1.82) is 0 Å². The number of carbonyl (C=O) groups is 1. The number of aromatic hydroxyl groups is 1. The highest BCUT2D eigenvalue weighted by Crippen LogP contribution is 2.29. The van der Waals surface area contributed by atoms with E-state index in [-0.39, 0.29) is 17.7 Å². The lowest BCUT2D eigenvalue weighted by Crippen LogP contribution is -2.25. The summed E-state index contributed by atoms with van der Waals surface area (Å²) >= 11 is 3.14. The van der Waals surface area contributed by atoms with Gasteiger partial charge in [0.15, 0.2) is 0 Å². The molecular weight excluding hydrogens is 278 g/mol. The van der Waals surface area contributed by atoms with Crippen molar-refractivity contribution in [2.24, 2.45) is 5.73 Å².